The molecule has 3 heteroatoms. The molecular formula is C16H24N2O. The van der Waals surface area contributed by atoms with Crippen LogP contribution >= 0.6 is 0 Å². The van der Waals surface area contributed by atoms with Crippen LogP contribution in [0.25, 0.3) is 11.0 Å². The average molecular weight is 260 g/mol. The van der Waals surface area contributed by atoms with E-state index in [1.165, 1.54) is 16.6 Å². The summed E-state index contributed by atoms with van der Waals surface area (Å²) in [5.74, 6) is 0. The maximum Gasteiger partial charge on any atom is 0.137 e. The number of ether oxygens (including phenoxy) is 1. The lowest BCUT2D eigenvalue weighted by Gasteiger charge is -2.23. The molecule has 104 valence electrons. The van der Waals surface area contributed by atoms with Crippen molar-refractivity contribution in [2.75, 3.05) is 7.11 Å². The van der Waals surface area contributed by atoms with Gasteiger partial charge in [0, 0.05) is 24.4 Å². The monoisotopic (exact) mass is 260 g/mol. The topological polar surface area (TPSA) is 37.9 Å². The average Bonchev–Trinajstić information content (AvgIpc) is 2.80. The minimum atomic E-state index is 0.115. The molecule has 0 aromatic carbocycles. The fourth-order valence-corrected chi connectivity index (χ4v) is 2.32. The molecule has 0 saturated heterocycles. The smallest absolute Gasteiger partial charge is 0.137 e. The van der Waals surface area contributed by atoms with E-state index >= 15 is 0 Å². The van der Waals surface area contributed by atoms with E-state index in [0.29, 0.717) is 0 Å². The van der Waals surface area contributed by atoms with Gasteiger partial charge in [-0.15, -0.1) is 0 Å². The fourth-order valence-electron chi connectivity index (χ4n) is 2.32. The van der Waals surface area contributed by atoms with Gasteiger partial charge in [-0.25, -0.2) is 4.98 Å². The third-order valence-corrected chi connectivity index (χ3v) is 3.61. The summed E-state index contributed by atoms with van der Waals surface area (Å²) in [7, 11) is 1.76. The summed E-state index contributed by atoms with van der Waals surface area (Å²) in [6, 6.07) is 4.35. The molecule has 0 saturated carbocycles. The van der Waals surface area contributed by atoms with Crippen molar-refractivity contribution in [1.29, 1.82) is 0 Å². The third-order valence-electron chi connectivity index (χ3n) is 3.61. The molecule has 1 N–H and O–H groups in total. The molecule has 2 heterocycles. The van der Waals surface area contributed by atoms with Crippen molar-refractivity contribution in [3.8, 4) is 0 Å². The number of fused-ring (bicyclic) bond motifs is 1. The molecule has 0 aliphatic rings. The van der Waals surface area contributed by atoms with Gasteiger partial charge in [-0.1, -0.05) is 20.8 Å². The second-order valence-corrected chi connectivity index (χ2v) is 6.23. The normalized spacial score (nSPS) is 13.9. The Kier molecular flexibility index (Phi) is 3.95. The Bertz CT molecular complexity index is 551. The predicted octanol–water partition coefficient (Wildman–Crippen LogP) is 3.83. The SMILES string of the molecule is COC(C)CCc1nc2[nH]ccc2cc1C(C)(C)C. The molecule has 19 heavy (non-hydrogen) atoms. The Morgan fingerprint density at radius 2 is 2.11 bits per heavy atom. The Hall–Kier alpha value is -1.35. The lowest BCUT2D eigenvalue weighted by molar-refractivity contribution is 0.111. The van der Waals surface area contributed by atoms with Gasteiger partial charge >= 0.3 is 0 Å². The molecule has 2 aromatic heterocycles. The van der Waals surface area contributed by atoms with Crippen molar-refractivity contribution in [2.24, 2.45) is 0 Å². The van der Waals surface area contributed by atoms with Crippen LogP contribution in [0, 0.1) is 0 Å². The molecule has 0 amide bonds. The van der Waals surface area contributed by atoms with Crippen LogP contribution in [0.1, 0.15) is 45.4 Å². The Balaban J connectivity index is 2.38. The van der Waals surface area contributed by atoms with E-state index in [1.807, 2.05) is 6.20 Å². The van der Waals surface area contributed by atoms with Crippen LogP contribution in [0.5, 0.6) is 0 Å². The maximum atomic E-state index is 5.33. The molecule has 2 rings (SSSR count). The van der Waals surface area contributed by atoms with Crippen LogP contribution in [0.15, 0.2) is 18.3 Å². The van der Waals surface area contributed by atoms with Crippen LogP contribution in [-0.2, 0) is 16.6 Å². The highest BCUT2D eigenvalue weighted by atomic mass is 16.5. The van der Waals surface area contributed by atoms with Gasteiger partial charge < -0.3 is 9.72 Å². The van der Waals surface area contributed by atoms with Crippen molar-refractivity contribution in [3.63, 3.8) is 0 Å². The summed E-state index contributed by atoms with van der Waals surface area (Å²) >= 11 is 0. The molecule has 0 aliphatic carbocycles. The van der Waals surface area contributed by atoms with Gasteiger partial charge in [0.15, 0.2) is 0 Å². The first-order valence-electron chi connectivity index (χ1n) is 6.92. The first-order chi connectivity index (χ1) is 8.91. The number of aromatic nitrogens is 2. The summed E-state index contributed by atoms with van der Waals surface area (Å²) < 4.78 is 5.33. The van der Waals surface area contributed by atoms with Crippen molar-refractivity contribution < 1.29 is 4.74 Å². The van der Waals surface area contributed by atoms with E-state index in [9.17, 15) is 0 Å². The molecule has 0 spiro atoms. The zero-order valence-electron chi connectivity index (χ0n) is 12.6. The first-order valence-corrected chi connectivity index (χ1v) is 6.92. The standard InChI is InChI=1S/C16H24N2O/c1-11(19-5)6-7-14-13(16(2,3)4)10-12-8-9-17-15(12)18-14/h8-11H,6-7H2,1-5H3,(H,17,18). The van der Waals surface area contributed by atoms with Crippen molar-refractivity contribution in [1.82, 2.24) is 9.97 Å². The number of aryl methyl sites for hydroxylation is 1. The molecule has 1 atom stereocenters. The molecule has 1 unspecified atom stereocenters. The number of methoxy groups -OCH3 is 1. The van der Waals surface area contributed by atoms with Gasteiger partial charge in [0.1, 0.15) is 5.65 Å². The van der Waals surface area contributed by atoms with Crippen molar-refractivity contribution in [3.05, 3.63) is 29.6 Å². The number of rotatable bonds is 4. The van der Waals surface area contributed by atoms with Crippen LogP contribution in [-0.4, -0.2) is 23.2 Å². The Morgan fingerprint density at radius 3 is 2.74 bits per heavy atom. The first kappa shape index (κ1) is 14.1. The summed E-state index contributed by atoms with van der Waals surface area (Å²) in [6.07, 6.45) is 4.18. The van der Waals surface area contributed by atoms with Crippen molar-refractivity contribution >= 4 is 11.0 Å². The summed E-state index contributed by atoms with van der Waals surface area (Å²) in [6.45, 7) is 8.83. The number of hydrogen-bond acceptors (Lipinski definition) is 2. The van der Waals surface area contributed by atoms with E-state index in [1.54, 1.807) is 7.11 Å². The van der Waals surface area contributed by atoms with Crippen LogP contribution in [0.4, 0.5) is 0 Å². The van der Waals surface area contributed by atoms with Gasteiger partial charge in [0.05, 0.1) is 6.10 Å². The zero-order valence-corrected chi connectivity index (χ0v) is 12.6. The van der Waals surface area contributed by atoms with Gasteiger partial charge in [-0.05, 0) is 42.9 Å². The number of pyridine rings is 1. The summed E-state index contributed by atoms with van der Waals surface area (Å²) in [5, 5.41) is 1.19. The zero-order chi connectivity index (χ0) is 14.0. The van der Waals surface area contributed by atoms with E-state index in [-0.39, 0.29) is 11.5 Å². The quantitative estimate of drug-likeness (QED) is 0.907. The molecule has 0 bridgehead atoms. The fraction of sp³-hybridized carbons (Fsp3) is 0.562. The molecule has 2 aromatic rings. The highest BCUT2D eigenvalue weighted by Gasteiger charge is 2.20. The molecule has 3 nitrogen and oxygen atoms in total. The van der Waals surface area contributed by atoms with E-state index in [4.69, 9.17) is 9.72 Å². The van der Waals surface area contributed by atoms with E-state index in [2.05, 4.69) is 44.8 Å². The summed E-state index contributed by atoms with van der Waals surface area (Å²) in [4.78, 5) is 7.99. The maximum absolute atomic E-state index is 5.33. The molecule has 0 fully saturated rings. The lowest BCUT2D eigenvalue weighted by Crippen LogP contribution is -2.17. The highest BCUT2D eigenvalue weighted by Crippen LogP contribution is 2.28. The lowest BCUT2D eigenvalue weighted by atomic mass is 9.84. The van der Waals surface area contributed by atoms with E-state index < -0.39 is 0 Å². The molecule has 0 aliphatic heterocycles. The second-order valence-electron chi connectivity index (χ2n) is 6.23. The molecular weight excluding hydrogens is 236 g/mol. The summed E-state index contributed by atoms with van der Waals surface area (Å²) in [5.41, 5.74) is 3.62. The largest absolute Gasteiger partial charge is 0.382 e. The second kappa shape index (κ2) is 5.33. The van der Waals surface area contributed by atoms with Crippen LogP contribution in [0.2, 0.25) is 0 Å². The van der Waals surface area contributed by atoms with Crippen LogP contribution < -0.4 is 0 Å². The number of hydrogen-bond donors (Lipinski definition) is 1. The molecule has 0 radical (unpaired) electrons. The van der Waals surface area contributed by atoms with Gasteiger partial charge in [-0.2, -0.15) is 0 Å². The van der Waals surface area contributed by atoms with Gasteiger partial charge in [0.25, 0.3) is 0 Å². The highest BCUT2D eigenvalue weighted by molar-refractivity contribution is 5.76. The predicted molar refractivity (Wildman–Crippen MR) is 79.6 cm³/mol. The Morgan fingerprint density at radius 1 is 1.37 bits per heavy atom. The van der Waals surface area contributed by atoms with E-state index in [0.717, 1.165) is 18.5 Å². The number of H-pyrrole nitrogens is 1. The minimum Gasteiger partial charge on any atom is -0.382 e. The van der Waals surface area contributed by atoms with Crippen molar-refractivity contribution in [2.45, 2.75) is 52.1 Å². The minimum absolute atomic E-state index is 0.115. The number of nitrogens with zero attached hydrogens (tertiary/aromatic N) is 1. The third kappa shape index (κ3) is 3.16. The van der Waals surface area contributed by atoms with Crippen LogP contribution in [0.3, 0.4) is 0 Å². The van der Waals surface area contributed by atoms with Gasteiger partial charge in [-0.3, -0.25) is 0 Å². The number of aromatic amines is 1. The van der Waals surface area contributed by atoms with Gasteiger partial charge in [0.2, 0.25) is 0 Å². The number of nitrogens with one attached hydrogen (secondary N) is 1. The Labute approximate surface area is 115 Å².